The molecule has 1 N–H and O–H groups in total. The number of hydrogen-bond acceptors (Lipinski definition) is 4. The Bertz CT molecular complexity index is 419. The molecule has 2 heterocycles. The molecule has 6 nitrogen and oxygen atoms in total. The van der Waals surface area contributed by atoms with Crippen LogP contribution in [0.1, 0.15) is 18.7 Å². The van der Waals surface area contributed by atoms with Crippen LogP contribution in [0, 0.1) is 0 Å². The average Bonchev–Trinajstić information content (AvgIpc) is 2.95. The molecular formula is C11H18N6. The summed E-state index contributed by atoms with van der Waals surface area (Å²) in [6, 6.07) is 0. The van der Waals surface area contributed by atoms with Crippen molar-refractivity contribution in [2.75, 3.05) is 6.54 Å². The largest absolute Gasteiger partial charge is 0.337 e. The molecular weight excluding hydrogens is 216 g/mol. The van der Waals surface area contributed by atoms with E-state index in [1.165, 1.54) is 0 Å². The van der Waals surface area contributed by atoms with Gasteiger partial charge in [0.05, 0.1) is 12.9 Å². The molecule has 0 aliphatic carbocycles. The lowest BCUT2D eigenvalue weighted by Gasteiger charge is -2.04. The average molecular weight is 234 g/mol. The van der Waals surface area contributed by atoms with Crippen molar-refractivity contribution >= 4 is 0 Å². The van der Waals surface area contributed by atoms with Gasteiger partial charge in [-0.05, 0) is 19.4 Å². The van der Waals surface area contributed by atoms with Gasteiger partial charge in [0, 0.05) is 26.0 Å². The molecule has 0 amide bonds. The Morgan fingerprint density at radius 1 is 1.35 bits per heavy atom. The second kappa shape index (κ2) is 6.15. The summed E-state index contributed by atoms with van der Waals surface area (Å²) in [5.74, 6) is 0.972. The molecule has 92 valence electrons. The van der Waals surface area contributed by atoms with Gasteiger partial charge in [0.1, 0.15) is 12.2 Å². The van der Waals surface area contributed by atoms with Crippen LogP contribution in [-0.2, 0) is 20.1 Å². The fourth-order valence-corrected chi connectivity index (χ4v) is 1.64. The SMILES string of the molecule is Cn1ncnc1CNCCCCn1ccnc1. The molecule has 6 heteroatoms. The van der Waals surface area contributed by atoms with Crippen LogP contribution in [0.4, 0.5) is 0 Å². The smallest absolute Gasteiger partial charge is 0.140 e. The summed E-state index contributed by atoms with van der Waals surface area (Å²) in [6.07, 6.45) is 9.54. The van der Waals surface area contributed by atoms with E-state index in [1.54, 1.807) is 11.0 Å². The Kier molecular flexibility index (Phi) is 4.26. The van der Waals surface area contributed by atoms with Crippen LogP contribution < -0.4 is 5.32 Å². The predicted molar refractivity (Wildman–Crippen MR) is 64.2 cm³/mol. The molecule has 0 aliphatic rings. The third-order valence-electron chi connectivity index (χ3n) is 2.67. The number of aryl methyl sites for hydroxylation is 2. The third-order valence-corrected chi connectivity index (χ3v) is 2.67. The van der Waals surface area contributed by atoms with Gasteiger partial charge in [-0.2, -0.15) is 5.10 Å². The molecule has 0 radical (unpaired) electrons. The van der Waals surface area contributed by atoms with Gasteiger partial charge in [0.25, 0.3) is 0 Å². The first-order valence-corrected chi connectivity index (χ1v) is 5.85. The minimum atomic E-state index is 0.779. The van der Waals surface area contributed by atoms with E-state index >= 15 is 0 Å². The number of aromatic nitrogens is 5. The molecule has 0 aromatic carbocycles. The second-order valence-electron chi connectivity index (χ2n) is 3.98. The Morgan fingerprint density at radius 2 is 2.29 bits per heavy atom. The molecule has 17 heavy (non-hydrogen) atoms. The normalized spacial score (nSPS) is 10.9. The van der Waals surface area contributed by atoms with E-state index in [9.17, 15) is 0 Å². The number of rotatable bonds is 7. The second-order valence-corrected chi connectivity index (χ2v) is 3.98. The molecule has 0 unspecified atom stereocenters. The van der Waals surface area contributed by atoms with Gasteiger partial charge in [-0.25, -0.2) is 9.97 Å². The molecule has 2 aromatic heterocycles. The van der Waals surface area contributed by atoms with Gasteiger partial charge in [-0.3, -0.25) is 4.68 Å². The van der Waals surface area contributed by atoms with Crippen molar-refractivity contribution in [3.63, 3.8) is 0 Å². The van der Waals surface area contributed by atoms with Gasteiger partial charge >= 0.3 is 0 Å². The van der Waals surface area contributed by atoms with E-state index in [4.69, 9.17) is 0 Å². The third kappa shape index (κ3) is 3.67. The summed E-state index contributed by atoms with van der Waals surface area (Å²) >= 11 is 0. The van der Waals surface area contributed by atoms with Crippen molar-refractivity contribution in [3.05, 3.63) is 30.9 Å². The zero-order valence-corrected chi connectivity index (χ0v) is 10.1. The summed E-state index contributed by atoms with van der Waals surface area (Å²) < 4.78 is 3.89. The Labute approximate surface area is 101 Å². The summed E-state index contributed by atoms with van der Waals surface area (Å²) in [5.41, 5.74) is 0. The fraction of sp³-hybridized carbons (Fsp3) is 0.545. The van der Waals surface area contributed by atoms with E-state index in [1.807, 2.05) is 25.8 Å². The fourth-order valence-electron chi connectivity index (χ4n) is 1.64. The first-order chi connectivity index (χ1) is 8.36. The zero-order valence-electron chi connectivity index (χ0n) is 10.1. The molecule has 0 saturated carbocycles. The van der Waals surface area contributed by atoms with Crippen LogP contribution in [0.3, 0.4) is 0 Å². The first-order valence-electron chi connectivity index (χ1n) is 5.85. The molecule has 2 aromatic rings. The summed E-state index contributed by atoms with van der Waals surface area (Å²) in [4.78, 5) is 8.16. The van der Waals surface area contributed by atoms with Gasteiger partial charge in [-0.1, -0.05) is 0 Å². The lowest BCUT2D eigenvalue weighted by molar-refractivity contribution is 0.551. The standard InChI is InChI=1S/C11H18N6/c1-16-11(14-9-15-16)8-12-4-2-3-6-17-7-5-13-10-17/h5,7,9-10,12H,2-4,6,8H2,1H3. The van der Waals surface area contributed by atoms with Crippen molar-refractivity contribution in [1.29, 1.82) is 0 Å². The minimum absolute atomic E-state index is 0.779. The summed E-state index contributed by atoms with van der Waals surface area (Å²) in [5, 5.41) is 7.38. The zero-order chi connectivity index (χ0) is 11.9. The number of nitrogens with zero attached hydrogens (tertiary/aromatic N) is 5. The highest BCUT2D eigenvalue weighted by Gasteiger charge is 1.98. The topological polar surface area (TPSA) is 60.6 Å². The Balaban J connectivity index is 1.54. The first kappa shape index (κ1) is 11.8. The van der Waals surface area contributed by atoms with Crippen LogP contribution in [0.5, 0.6) is 0 Å². The van der Waals surface area contributed by atoms with Crippen LogP contribution in [0.15, 0.2) is 25.0 Å². The maximum atomic E-state index is 4.15. The van der Waals surface area contributed by atoms with Crippen molar-refractivity contribution in [3.8, 4) is 0 Å². The van der Waals surface area contributed by atoms with Crippen LogP contribution in [0.2, 0.25) is 0 Å². The monoisotopic (exact) mass is 234 g/mol. The highest BCUT2D eigenvalue weighted by atomic mass is 15.3. The van der Waals surface area contributed by atoms with Crippen LogP contribution in [0.25, 0.3) is 0 Å². The number of unbranched alkanes of at least 4 members (excludes halogenated alkanes) is 1. The lowest BCUT2D eigenvalue weighted by Crippen LogP contribution is -2.18. The summed E-state index contributed by atoms with van der Waals surface area (Å²) in [6.45, 7) is 2.81. The maximum Gasteiger partial charge on any atom is 0.140 e. The van der Waals surface area contributed by atoms with E-state index in [-0.39, 0.29) is 0 Å². The quantitative estimate of drug-likeness (QED) is 0.712. The van der Waals surface area contributed by atoms with Gasteiger partial charge in [0.15, 0.2) is 0 Å². The van der Waals surface area contributed by atoms with Crippen LogP contribution >= 0.6 is 0 Å². The molecule has 0 bridgehead atoms. The molecule has 0 spiro atoms. The van der Waals surface area contributed by atoms with Crippen molar-refractivity contribution in [1.82, 2.24) is 29.6 Å². The van der Waals surface area contributed by atoms with E-state index in [2.05, 4.69) is 25.0 Å². The predicted octanol–water partition coefficient (Wildman–Crippen LogP) is 0.582. The van der Waals surface area contributed by atoms with Crippen LogP contribution in [-0.4, -0.2) is 30.9 Å². The van der Waals surface area contributed by atoms with Crippen molar-refractivity contribution < 1.29 is 0 Å². The molecule has 2 rings (SSSR count). The van der Waals surface area contributed by atoms with E-state index < -0.39 is 0 Å². The maximum absolute atomic E-state index is 4.15. The molecule has 0 aliphatic heterocycles. The Morgan fingerprint density at radius 3 is 3.00 bits per heavy atom. The van der Waals surface area contributed by atoms with Gasteiger partial charge in [0.2, 0.25) is 0 Å². The number of nitrogens with one attached hydrogen (secondary N) is 1. The van der Waals surface area contributed by atoms with Gasteiger partial charge in [-0.15, -0.1) is 0 Å². The molecule has 0 saturated heterocycles. The summed E-state index contributed by atoms with van der Waals surface area (Å²) in [7, 11) is 1.91. The highest BCUT2D eigenvalue weighted by Crippen LogP contribution is 1.95. The number of imidazole rings is 1. The van der Waals surface area contributed by atoms with E-state index in [0.29, 0.717) is 0 Å². The molecule has 0 atom stereocenters. The molecule has 0 fully saturated rings. The highest BCUT2D eigenvalue weighted by molar-refractivity contribution is 4.81. The van der Waals surface area contributed by atoms with Gasteiger partial charge < -0.3 is 9.88 Å². The van der Waals surface area contributed by atoms with Crippen molar-refractivity contribution in [2.24, 2.45) is 7.05 Å². The van der Waals surface area contributed by atoms with E-state index in [0.717, 1.165) is 38.3 Å². The minimum Gasteiger partial charge on any atom is -0.337 e. The Hall–Kier alpha value is -1.69. The van der Waals surface area contributed by atoms with Crippen molar-refractivity contribution in [2.45, 2.75) is 25.9 Å². The number of hydrogen-bond donors (Lipinski definition) is 1. The lowest BCUT2D eigenvalue weighted by atomic mass is 10.3.